The van der Waals surface area contributed by atoms with Crippen LogP contribution in [-0.4, -0.2) is 19.6 Å². The highest BCUT2D eigenvalue weighted by atomic mass is 32.1. The molecule has 142 valence electrons. The molecule has 0 spiro atoms. The average Bonchev–Trinajstić information content (AvgIpc) is 3.17. The van der Waals surface area contributed by atoms with Crippen molar-refractivity contribution in [2.45, 2.75) is 12.8 Å². The smallest absolute Gasteiger partial charge is 0.269 e. The van der Waals surface area contributed by atoms with E-state index in [-0.39, 0.29) is 5.91 Å². The number of nitriles is 1. The number of rotatable bonds is 8. The van der Waals surface area contributed by atoms with Gasteiger partial charge in [0.2, 0.25) is 0 Å². The van der Waals surface area contributed by atoms with Gasteiger partial charge in [0.05, 0.1) is 19.8 Å². The molecule has 0 aliphatic carbocycles. The fourth-order valence-corrected chi connectivity index (χ4v) is 3.65. The number of nitrogens with one attached hydrogen (secondary N) is 1. The van der Waals surface area contributed by atoms with Crippen molar-refractivity contribution in [3.63, 3.8) is 0 Å². The summed E-state index contributed by atoms with van der Waals surface area (Å²) in [6.07, 6.45) is 1.13. The van der Waals surface area contributed by atoms with Crippen molar-refractivity contribution in [2.24, 2.45) is 0 Å². The largest absolute Gasteiger partial charge is 0.495 e. The molecule has 1 N–H and O–H groups in total. The van der Waals surface area contributed by atoms with Crippen molar-refractivity contribution in [1.29, 1.82) is 5.26 Å². The summed E-state index contributed by atoms with van der Waals surface area (Å²) in [5.41, 5.74) is 1.68. The zero-order valence-electron chi connectivity index (χ0n) is 15.5. The molecule has 0 saturated heterocycles. The van der Waals surface area contributed by atoms with Gasteiger partial charge in [0.25, 0.3) is 5.91 Å². The normalized spacial score (nSPS) is 10.1. The highest BCUT2D eigenvalue weighted by Gasteiger charge is 2.18. The second kappa shape index (κ2) is 9.58. The number of unbranched alkanes of at least 4 members (excludes halogenated alkanes) is 1. The number of hydrogen-bond acceptors (Lipinski definition) is 5. The topological polar surface area (TPSA) is 71.3 Å². The molecule has 0 atom stereocenters. The molecule has 0 saturated carbocycles. The van der Waals surface area contributed by atoms with Gasteiger partial charge in [-0.15, -0.1) is 11.3 Å². The highest BCUT2D eigenvalue weighted by Crippen LogP contribution is 2.36. The second-order valence-corrected chi connectivity index (χ2v) is 7.02. The van der Waals surface area contributed by atoms with Crippen LogP contribution in [0.5, 0.6) is 11.5 Å². The third kappa shape index (κ3) is 4.90. The summed E-state index contributed by atoms with van der Waals surface area (Å²) in [4.78, 5) is 14.3. The number of methoxy groups -OCH3 is 1. The van der Waals surface area contributed by atoms with Crippen LogP contribution < -0.4 is 14.8 Å². The SMILES string of the molecule is COc1cc(-c2ccccc2)sc1C(=O)Nc1cccc(OCCCC#N)c1. The number of carbonyl (C=O) groups is 1. The quantitative estimate of drug-likeness (QED) is 0.524. The Labute approximate surface area is 168 Å². The fraction of sp³-hybridized carbons (Fsp3) is 0.182. The molecular formula is C22H20N2O3S. The fourth-order valence-electron chi connectivity index (χ4n) is 2.62. The molecular weight excluding hydrogens is 372 g/mol. The van der Waals surface area contributed by atoms with Crippen molar-refractivity contribution in [3.05, 3.63) is 65.5 Å². The highest BCUT2D eigenvalue weighted by molar-refractivity contribution is 7.17. The first-order valence-electron chi connectivity index (χ1n) is 8.85. The molecule has 0 aliphatic rings. The van der Waals surface area contributed by atoms with Gasteiger partial charge in [0, 0.05) is 23.1 Å². The Hall–Kier alpha value is -3.30. The number of anilines is 1. The molecule has 0 bridgehead atoms. The van der Waals surface area contributed by atoms with E-state index in [1.807, 2.05) is 48.5 Å². The number of amides is 1. The molecule has 1 amide bonds. The number of hydrogen-bond donors (Lipinski definition) is 1. The summed E-state index contributed by atoms with van der Waals surface area (Å²) < 4.78 is 11.0. The summed E-state index contributed by atoms with van der Waals surface area (Å²) >= 11 is 1.39. The maximum Gasteiger partial charge on any atom is 0.269 e. The van der Waals surface area contributed by atoms with E-state index in [0.717, 1.165) is 10.4 Å². The van der Waals surface area contributed by atoms with E-state index in [2.05, 4.69) is 11.4 Å². The van der Waals surface area contributed by atoms with E-state index in [1.165, 1.54) is 11.3 Å². The van der Waals surface area contributed by atoms with Crippen LogP contribution in [0.3, 0.4) is 0 Å². The Morgan fingerprint density at radius 1 is 1.14 bits per heavy atom. The van der Waals surface area contributed by atoms with E-state index in [0.29, 0.717) is 41.5 Å². The van der Waals surface area contributed by atoms with Crippen LogP contribution >= 0.6 is 11.3 Å². The molecule has 2 aromatic carbocycles. The van der Waals surface area contributed by atoms with E-state index in [1.54, 1.807) is 19.2 Å². The molecule has 1 heterocycles. The minimum atomic E-state index is -0.231. The van der Waals surface area contributed by atoms with Gasteiger partial charge in [0.15, 0.2) is 0 Å². The van der Waals surface area contributed by atoms with Gasteiger partial charge in [-0.3, -0.25) is 4.79 Å². The van der Waals surface area contributed by atoms with Crippen LogP contribution in [0.2, 0.25) is 0 Å². The van der Waals surface area contributed by atoms with Gasteiger partial charge < -0.3 is 14.8 Å². The molecule has 3 rings (SSSR count). The van der Waals surface area contributed by atoms with E-state index < -0.39 is 0 Å². The molecule has 0 radical (unpaired) electrons. The Balaban J connectivity index is 1.73. The maximum absolute atomic E-state index is 12.8. The van der Waals surface area contributed by atoms with Crippen LogP contribution in [-0.2, 0) is 0 Å². The van der Waals surface area contributed by atoms with Crippen LogP contribution in [0.1, 0.15) is 22.5 Å². The van der Waals surface area contributed by atoms with Crippen molar-refractivity contribution in [2.75, 3.05) is 19.0 Å². The van der Waals surface area contributed by atoms with Crippen molar-refractivity contribution < 1.29 is 14.3 Å². The number of ether oxygens (including phenoxy) is 2. The van der Waals surface area contributed by atoms with Crippen LogP contribution in [0, 0.1) is 11.3 Å². The van der Waals surface area contributed by atoms with Crippen LogP contribution in [0.15, 0.2) is 60.7 Å². The lowest BCUT2D eigenvalue weighted by molar-refractivity contribution is 0.102. The summed E-state index contributed by atoms with van der Waals surface area (Å²) in [5.74, 6) is 0.967. The monoisotopic (exact) mass is 392 g/mol. The Bertz CT molecular complexity index is 977. The van der Waals surface area contributed by atoms with Gasteiger partial charge in [-0.1, -0.05) is 36.4 Å². The van der Waals surface area contributed by atoms with Crippen molar-refractivity contribution in [3.8, 4) is 28.0 Å². The minimum absolute atomic E-state index is 0.231. The third-order valence-corrected chi connectivity index (χ3v) is 5.14. The number of thiophene rings is 1. The lowest BCUT2D eigenvalue weighted by atomic mass is 10.2. The molecule has 28 heavy (non-hydrogen) atoms. The van der Waals surface area contributed by atoms with E-state index >= 15 is 0 Å². The van der Waals surface area contributed by atoms with Gasteiger partial charge in [0.1, 0.15) is 16.4 Å². The Kier molecular flexibility index (Phi) is 6.66. The predicted molar refractivity (Wildman–Crippen MR) is 111 cm³/mol. The zero-order chi connectivity index (χ0) is 19.8. The van der Waals surface area contributed by atoms with Gasteiger partial charge in [-0.2, -0.15) is 5.26 Å². The maximum atomic E-state index is 12.8. The van der Waals surface area contributed by atoms with E-state index in [4.69, 9.17) is 14.7 Å². The standard InChI is InChI=1S/C22H20N2O3S/c1-26-19-15-20(16-8-3-2-4-9-16)28-21(19)22(25)24-17-10-7-11-18(14-17)27-13-6-5-12-23/h2-4,7-11,14-15H,5-6,13H2,1H3,(H,24,25). The first-order valence-corrected chi connectivity index (χ1v) is 9.67. The van der Waals surface area contributed by atoms with Gasteiger partial charge >= 0.3 is 0 Å². The Morgan fingerprint density at radius 3 is 2.71 bits per heavy atom. The lowest BCUT2D eigenvalue weighted by Gasteiger charge is -2.09. The number of benzene rings is 2. The molecule has 5 nitrogen and oxygen atoms in total. The molecule has 0 unspecified atom stereocenters. The van der Waals surface area contributed by atoms with Crippen molar-refractivity contribution in [1.82, 2.24) is 0 Å². The summed E-state index contributed by atoms with van der Waals surface area (Å²) in [6.45, 7) is 0.462. The molecule has 1 aromatic heterocycles. The van der Waals surface area contributed by atoms with Gasteiger partial charge in [-0.25, -0.2) is 0 Å². The number of nitrogens with zero attached hydrogens (tertiary/aromatic N) is 1. The zero-order valence-corrected chi connectivity index (χ0v) is 16.3. The first kappa shape index (κ1) is 19.5. The average molecular weight is 392 g/mol. The van der Waals surface area contributed by atoms with Crippen molar-refractivity contribution >= 4 is 22.9 Å². The van der Waals surface area contributed by atoms with E-state index in [9.17, 15) is 4.79 Å². The van der Waals surface area contributed by atoms with Crippen LogP contribution in [0.4, 0.5) is 5.69 Å². The van der Waals surface area contributed by atoms with Crippen LogP contribution in [0.25, 0.3) is 10.4 Å². The third-order valence-electron chi connectivity index (χ3n) is 3.98. The molecule has 0 fully saturated rings. The van der Waals surface area contributed by atoms with Gasteiger partial charge in [-0.05, 0) is 30.2 Å². The lowest BCUT2D eigenvalue weighted by Crippen LogP contribution is -2.11. The number of carbonyl (C=O) groups excluding carboxylic acids is 1. The second-order valence-electron chi connectivity index (χ2n) is 5.97. The minimum Gasteiger partial charge on any atom is -0.495 e. The molecule has 3 aromatic rings. The Morgan fingerprint density at radius 2 is 1.96 bits per heavy atom. The summed E-state index contributed by atoms with van der Waals surface area (Å²) in [5, 5.41) is 11.5. The predicted octanol–water partition coefficient (Wildman–Crippen LogP) is 5.36. The summed E-state index contributed by atoms with van der Waals surface area (Å²) in [6, 6.07) is 21.1. The molecule has 0 aliphatic heterocycles. The summed E-state index contributed by atoms with van der Waals surface area (Å²) in [7, 11) is 1.56. The molecule has 6 heteroatoms. The first-order chi connectivity index (χ1) is 13.7.